The lowest BCUT2D eigenvalue weighted by Crippen LogP contribution is -2.60. The fourth-order valence-electron chi connectivity index (χ4n) is 13.5. The van der Waals surface area contributed by atoms with Crippen LogP contribution in [0.5, 0.6) is 0 Å². The molecule has 103 heavy (non-hydrogen) atoms. The highest BCUT2D eigenvalue weighted by molar-refractivity contribution is 7.91. The fraction of sp³-hybridized carbons (Fsp3) is 0.685. The molecule has 0 radical (unpaired) electrons. The van der Waals surface area contributed by atoms with Crippen molar-refractivity contribution in [2.75, 3.05) is 66.4 Å². The van der Waals surface area contributed by atoms with E-state index < -0.39 is 141 Å². The number of amides is 11. The van der Waals surface area contributed by atoms with Gasteiger partial charge < -0.3 is 71.7 Å². The molecule has 11 amide bonds. The van der Waals surface area contributed by atoms with Gasteiger partial charge in [-0.15, -0.1) is 0 Å². The minimum atomic E-state index is -3.93. The summed E-state index contributed by atoms with van der Waals surface area (Å²) in [5.74, 6) is -7.74. The first-order chi connectivity index (χ1) is 48.7. The van der Waals surface area contributed by atoms with E-state index in [2.05, 4.69) is 41.5 Å². The van der Waals surface area contributed by atoms with Crippen LogP contribution in [0.3, 0.4) is 0 Å². The highest BCUT2D eigenvalue weighted by atomic mass is 32.2. The van der Waals surface area contributed by atoms with E-state index in [9.17, 15) is 66.3 Å². The van der Waals surface area contributed by atoms with Crippen molar-refractivity contribution in [1.29, 1.82) is 0 Å². The second kappa shape index (κ2) is 41.5. The summed E-state index contributed by atoms with van der Waals surface area (Å²) in [4.78, 5) is 156. The van der Waals surface area contributed by atoms with Crippen molar-refractivity contribution in [2.24, 2.45) is 41.2 Å². The van der Waals surface area contributed by atoms with E-state index in [4.69, 9.17) is 19.9 Å². The summed E-state index contributed by atoms with van der Waals surface area (Å²) < 4.78 is 45.7. The molecule has 30 heteroatoms. The number of hydrogen-bond acceptors (Lipinski definition) is 17. The summed E-state index contributed by atoms with van der Waals surface area (Å²) in [6, 6.07) is 7.77. The van der Waals surface area contributed by atoms with E-state index in [1.807, 2.05) is 13.8 Å². The number of sulfonamides is 1. The lowest BCUT2D eigenvalue weighted by molar-refractivity contribution is -0.148. The molecule has 0 bridgehead atoms. The van der Waals surface area contributed by atoms with E-state index in [0.29, 0.717) is 74.7 Å². The number of unbranched alkanes of at least 4 members (excludes halogenated alkanes) is 2. The van der Waals surface area contributed by atoms with E-state index in [1.165, 1.54) is 26.2 Å². The molecule has 2 aromatic carbocycles. The molecular weight excluding hydrogens is 1350 g/mol. The molecule has 2 saturated heterocycles. The van der Waals surface area contributed by atoms with Crippen molar-refractivity contribution in [3.8, 4) is 0 Å². The predicted octanol–water partition coefficient (Wildman–Crippen LogP) is 5.05. The molecule has 0 spiro atoms. The summed E-state index contributed by atoms with van der Waals surface area (Å²) in [7, 11) is 2.01. The number of nitrogens with zero attached hydrogens (tertiary/aromatic N) is 4. The fourth-order valence-corrected chi connectivity index (χ4v) is 14.9. The number of nitrogens with one attached hydrogen (secondary N) is 7. The van der Waals surface area contributed by atoms with Crippen LogP contribution < -0.4 is 42.4 Å². The van der Waals surface area contributed by atoms with Crippen molar-refractivity contribution >= 4 is 81.1 Å². The number of carbonyl (C=O) groups is 11. The molecule has 10 N–H and O–H groups in total. The number of benzene rings is 2. The van der Waals surface area contributed by atoms with Crippen LogP contribution in [0.25, 0.3) is 0 Å². The summed E-state index contributed by atoms with van der Waals surface area (Å²) >= 11 is 0. The maximum atomic E-state index is 14.9. The number of nitrogens with two attached hydrogens (primary N) is 1. The quantitative estimate of drug-likeness (QED) is 0.0393. The Morgan fingerprint density at radius 2 is 1.31 bits per heavy atom. The van der Waals surface area contributed by atoms with Crippen LogP contribution in [-0.4, -0.2) is 219 Å². The highest BCUT2D eigenvalue weighted by Gasteiger charge is 2.45. The molecule has 29 nitrogen and oxygen atoms in total. The molecule has 3 fully saturated rings. The van der Waals surface area contributed by atoms with Gasteiger partial charge in [-0.1, -0.05) is 118 Å². The normalized spacial score (nSPS) is 18.0. The summed E-state index contributed by atoms with van der Waals surface area (Å²) in [6.07, 6.45) is 3.86. The zero-order valence-electron chi connectivity index (χ0n) is 62.5. The number of carboxylic acids is 1. The number of hydrogen-bond donors (Lipinski definition) is 9. The Bertz CT molecular complexity index is 3260. The minimum Gasteiger partial charge on any atom is -0.481 e. The Balaban J connectivity index is 1.18. The molecule has 2 aromatic rings. The second-order valence-corrected chi connectivity index (χ2v) is 30.8. The average molecular weight is 1470 g/mol. The van der Waals surface area contributed by atoms with Crippen molar-refractivity contribution in [3.63, 3.8) is 0 Å². The maximum Gasteiger partial charge on any atom is 0.410 e. The lowest BCUT2D eigenvalue weighted by atomic mass is 9.89. The summed E-state index contributed by atoms with van der Waals surface area (Å²) in [6.45, 7) is 18.6. The van der Waals surface area contributed by atoms with Gasteiger partial charge in [-0.2, -0.15) is 0 Å². The Kier molecular flexibility index (Phi) is 34.5. The van der Waals surface area contributed by atoms with Gasteiger partial charge in [0, 0.05) is 59.9 Å². The predicted molar refractivity (Wildman–Crippen MR) is 387 cm³/mol. The van der Waals surface area contributed by atoms with Gasteiger partial charge in [-0.05, 0) is 131 Å². The minimum absolute atomic E-state index is 0.0184. The van der Waals surface area contributed by atoms with Crippen LogP contribution in [0.1, 0.15) is 163 Å². The smallest absolute Gasteiger partial charge is 0.410 e. The molecule has 1 aliphatic carbocycles. The largest absolute Gasteiger partial charge is 0.481 e. The third-order valence-corrected chi connectivity index (χ3v) is 21.8. The molecule has 2 heterocycles. The molecular formula is C73H116N12O17S. The average Bonchev–Trinajstić information content (AvgIpc) is 1.47. The van der Waals surface area contributed by atoms with Gasteiger partial charge in [-0.25, -0.2) is 18.0 Å². The SMILES string of the molecule is CC[C@H](C)[C@@H]([C@@H](CC(=O)N1CCC[C@H]1[C@H](OC)[C@@H](C)C(=O)N[C@@H](Cc1ccccc1)C(=O)NS(=O)(=O)C1CC1)OC)N(C)C(=O)[C@@H](NC(=O)[C@H](C(C)C)N(C)C(=O)OCc1ccc(NC(=O)[C@H](CCCNC(N)=O)NC(=O)[C@@H](NC(=O)CCCCCN2CCC(C(=O)O)CC2)C(C)C)cc1)C(C)C. The van der Waals surface area contributed by atoms with E-state index >= 15 is 0 Å². The number of carboxylic acid groups (broad SMARTS) is 1. The van der Waals surface area contributed by atoms with Crippen molar-refractivity contribution in [2.45, 2.75) is 225 Å². The van der Waals surface area contributed by atoms with Gasteiger partial charge in [-0.3, -0.25) is 52.8 Å². The molecule has 0 unspecified atom stereocenters. The Hall–Kier alpha value is -7.96. The zero-order valence-corrected chi connectivity index (χ0v) is 63.4. The molecule has 2 aliphatic heterocycles. The van der Waals surface area contributed by atoms with Gasteiger partial charge in [0.1, 0.15) is 36.8 Å². The Morgan fingerprint density at radius 1 is 0.670 bits per heavy atom. The van der Waals surface area contributed by atoms with Crippen LogP contribution in [0, 0.1) is 35.5 Å². The van der Waals surface area contributed by atoms with Crippen LogP contribution in [0.4, 0.5) is 15.3 Å². The van der Waals surface area contributed by atoms with E-state index in [-0.39, 0.29) is 74.8 Å². The molecule has 3 aliphatic rings. The van der Waals surface area contributed by atoms with Crippen molar-refractivity contribution in [3.05, 3.63) is 65.7 Å². The number of carbonyl (C=O) groups excluding carboxylic acids is 10. The number of methoxy groups -OCH3 is 2. The van der Waals surface area contributed by atoms with Gasteiger partial charge in [0.2, 0.25) is 51.4 Å². The zero-order chi connectivity index (χ0) is 76.4. The number of primary amides is 1. The van der Waals surface area contributed by atoms with E-state index in [1.54, 1.807) is 115 Å². The third-order valence-electron chi connectivity index (χ3n) is 20.0. The number of rotatable bonds is 42. The van der Waals surface area contributed by atoms with Crippen LogP contribution in [0.15, 0.2) is 54.6 Å². The number of anilines is 1. The van der Waals surface area contributed by atoms with Crippen LogP contribution in [0.2, 0.25) is 0 Å². The number of urea groups is 1. The first-order valence-corrected chi connectivity index (χ1v) is 38.0. The molecule has 11 atom stereocenters. The van der Waals surface area contributed by atoms with Crippen molar-refractivity contribution in [1.82, 2.24) is 50.9 Å². The van der Waals surface area contributed by atoms with Crippen molar-refractivity contribution < 1.29 is 80.5 Å². The van der Waals surface area contributed by atoms with E-state index in [0.717, 1.165) is 37.4 Å². The monoisotopic (exact) mass is 1460 g/mol. The Morgan fingerprint density at radius 3 is 1.88 bits per heavy atom. The van der Waals surface area contributed by atoms with Gasteiger partial charge in [0.15, 0.2) is 0 Å². The number of likely N-dealkylation sites (N-methyl/N-ethyl adjacent to an activating group) is 2. The Labute approximate surface area is 608 Å². The van der Waals surface area contributed by atoms with Crippen LogP contribution >= 0.6 is 0 Å². The topological polar surface area (TPSA) is 393 Å². The molecule has 1 saturated carbocycles. The second-order valence-electron chi connectivity index (χ2n) is 28.9. The molecule has 5 rings (SSSR count). The number of aliphatic carboxylic acids is 1. The first kappa shape index (κ1) is 85.7. The number of piperidine rings is 1. The summed E-state index contributed by atoms with van der Waals surface area (Å²) in [5, 5.41) is 25.3. The van der Waals surface area contributed by atoms with Gasteiger partial charge in [0.05, 0.1) is 47.8 Å². The van der Waals surface area contributed by atoms with Gasteiger partial charge in [0.25, 0.3) is 5.91 Å². The van der Waals surface area contributed by atoms with Gasteiger partial charge >= 0.3 is 18.1 Å². The number of ether oxygens (including phenoxy) is 3. The standard InChI is InChI=1S/C73H116N12O17S/c1-14-47(8)63(57(100-12)42-59(87)85-38-22-26-56(85)64(101-13)48(9)65(88)78-55(41-49-23-17-15-18-24-49)67(90)81-103(98,99)53-32-33-53)82(10)70(93)61(45(4)5)80-69(92)62(46(6)7)83(11)73(97)102-43-50-28-30-52(31-29-50)76-66(89)54(25-21-36-75-72(74)96)77-68(91)60(44(2)3)79-58(86)27-19-16-20-37-84-39-34-51(35-40-84)71(94)95/h15,17-18,23-24,28-31,44-48,51,53-57,60-64H,14,16,19-22,25-27,32-43H2,1-13H3,(H,76,89)(H,77,91)(H,78,88)(H,79,86)(H,80,92)(H,81,90)(H,94,95)(H3,74,75,96)/t47-,48+,54-,55-,56-,57+,60-,61-,62-,63-,64+/m0/s1. The third kappa shape index (κ3) is 26.3. The number of likely N-dealkylation sites (tertiary alicyclic amines) is 2. The van der Waals surface area contributed by atoms with Crippen LogP contribution in [-0.2, 0) is 80.4 Å². The maximum absolute atomic E-state index is 14.9. The molecule has 0 aromatic heterocycles. The first-order valence-electron chi connectivity index (χ1n) is 36.4. The lowest BCUT2D eigenvalue weighted by Gasteiger charge is -2.41. The molecule has 576 valence electrons. The summed E-state index contributed by atoms with van der Waals surface area (Å²) in [5.41, 5.74) is 6.83. The highest BCUT2D eigenvalue weighted by Crippen LogP contribution is 2.31.